The Morgan fingerprint density at radius 2 is 1.80 bits per heavy atom. The van der Waals surface area contributed by atoms with Gasteiger partial charge in [-0.05, 0) is 18.1 Å². The summed E-state index contributed by atoms with van der Waals surface area (Å²) in [6.07, 6.45) is 0. The maximum absolute atomic E-state index is 13.4. The van der Waals surface area contributed by atoms with Crippen LogP contribution in [0.1, 0.15) is 19.4 Å². The van der Waals surface area contributed by atoms with Crippen molar-refractivity contribution in [1.82, 2.24) is 0 Å². The van der Waals surface area contributed by atoms with Gasteiger partial charge in [-0.15, -0.1) is 0 Å². The molecular weight excluding hydrogens is 200 g/mol. The van der Waals surface area contributed by atoms with Gasteiger partial charge >= 0.3 is 0 Å². The molecule has 0 saturated carbocycles. The molecule has 0 fully saturated rings. The van der Waals surface area contributed by atoms with E-state index in [1.807, 2.05) is 0 Å². The van der Waals surface area contributed by atoms with E-state index in [0.29, 0.717) is 0 Å². The van der Waals surface area contributed by atoms with Crippen molar-refractivity contribution in [3.63, 3.8) is 0 Å². The van der Waals surface area contributed by atoms with Crippen LogP contribution in [0.15, 0.2) is 18.2 Å². The molecule has 0 aromatic heterocycles. The summed E-state index contributed by atoms with van der Waals surface area (Å²) in [6.45, 7) is 3.11. The summed E-state index contributed by atoms with van der Waals surface area (Å²) in [7, 11) is 0. The van der Waals surface area contributed by atoms with E-state index in [-0.39, 0.29) is 18.0 Å². The van der Waals surface area contributed by atoms with Crippen LogP contribution >= 0.6 is 0 Å². The third kappa shape index (κ3) is 2.01. The van der Waals surface area contributed by atoms with Crippen LogP contribution in [-0.4, -0.2) is 11.7 Å². The number of hydrogen-bond acceptors (Lipinski definition) is 2. The molecule has 1 unspecified atom stereocenters. The molecule has 0 bridgehead atoms. The fourth-order valence-corrected chi connectivity index (χ4v) is 1.54. The summed E-state index contributed by atoms with van der Waals surface area (Å²) in [5.74, 6) is -1.90. The Morgan fingerprint density at radius 3 is 2.13 bits per heavy atom. The van der Waals surface area contributed by atoms with Crippen LogP contribution in [0.3, 0.4) is 0 Å². The van der Waals surface area contributed by atoms with Crippen molar-refractivity contribution in [3.05, 3.63) is 35.4 Å². The fourth-order valence-electron chi connectivity index (χ4n) is 1.54. The van der Waals surface area contributed by atoms with E-state index in [1.165, 1.54) is 6.07 Å². The average molecular weight is 215 g/mol. The van der Waals surface area contributed by atoms with Crippen molar-refractivity contribution in [2.75, 3.05) is 6.54 Å². The molecule has 1 aromatic rings. The lowest BCUT2D eigenvalue weighted by Gasteiger charge is -2.31. The van der Waals surface area contributed by atoms with Crippen LogP contribution in [0.2, 0.25) is 0 Å². The molecule has 0 heterocycles. The quantitative estimate of drug-likeness (QED) is 0.807. The molecule has 4 heteroatoms. The van der Waals surface area contributed by atoms with Crippen molar-refractivity contribution >= 4 is 0 Å². The van der Waals surface area contributed by atoms with Gasteiger partial charge in [-0.3, -0.25) is 0 Å². The minimum Gasteiger partial charge on any atom is -0.383 e. The number of aliphatic hydroxyl groups is 1. The Balaban J connectivity index is 3.35. The van der Waals surface area contributed by atoms with E-state index in [9.17, 15) is 13.9 Å². The van der Waals surface area contributed by atoms with Gasteiger partial charge in [0.2, 0.25) is 0 Å². The second-order valence-electron chi connectivity index (χ2n) is 3.88. The standard InChI is InChI=1S/C11H15F2NO/c1-7(2)11(15,6-14)10-8(12)4-3-5-9(10)13/h3-5,7,15H,6,14H2,1-2H3. The number of hydrogen-bond donors (Lipinski definition) is 2. The van der Waals surface area contributed by atoms with Gasteiger partial charge in [0, 0.05) is 6.54 Å². The molecule has 1 aromatic carbocycles. The van der Waals surface area contributed by atoms with E-state index in [1.54, 1.807) is 13.8 Å². The van der Waals surface area contributed by atoms with E-state index in [4.69, 9.17) is 5.73 Å². The second kappa shape index (κ2) is 4.24. The molecule has 0 saturated heterocycles. The lowest BCUT2D eigenvalue weighted by atomic mass is 9.83. The highest BCUT2D eigenvalue weighted by Crippen LogP contribution is 2.32. The van der Waals surface area contributed by atoms with Crippen LogP contribution < -0.4 is 5.73 Å². The molecule has 0 aliphatic heterocycles. The van der Waals surface area contributed by atoms with Gasteiger partial charge in [0.15, 0.2) is 0 Å². The molecule has 3 N–H and O–H groups in total. The van der Waals surface area contributed by atoms with Crippen molar-refractivity contribution in [2.45, 2.75) is 19.4 Å². The minimum atomic E-state index is -1.66. The third-order valence-electron chi connectivity index (χ3n) is 2.66. The zero-order valence-electron chi connectivity index (χ0n) is 8.80. The highest BCUT2D eigenvalue weighted by atomic mass is 19.1. The zero-order chi connectivity index (χ0) is 11.6. The number of nitrogens with two attached hydrogens (primary N) is 1. The molecule has 15 heavy (non-hydrogen) atoms. The van der Waals surface area contributed by atoms with Gasteiger partial charge in [0.05, 0.1) is 5.56 Å². The third-order valence-corrected chi connectivity index (χ3v) is 2.66. The Kier molecular flexibility index (Phi) is 3.42. The zero-order valence-corrected chi connectivity index (χ0v) is 8.80. The molecule has 84 valence electrons. The van der Waals surface area contributed by atoms with E-state index in [2.05, 4.69) is 0 Å². The highest BCUT2D eigenvalue weighted by molar-refractivity contribution is 5.27. The number of rotatable bonds is 3. The van der Waals surface area contributed by atoms with Crippen molar-refractivity contribution in [3.8, 4) is 0 Å². The van der Waals surface area contributed by atoms with E-state index in [0.717, 1.165) is 12.1 Å². The van der Waals surface area contributed by atoms with Gasteiger partial charge in [-0.2, -0.15) is 0 Å². The van der Waals surface area contributed by atoms with E-state index >= 15 is 0 Å². The summed E-state index contributed by atoms with van der Waals surface area (Å²) >= 11 is 0. The van der Waals surface area contributed by atoms with Crippen LogP contribution in [0, 0.1) is 17.6 Å². The topological polar surface area (TPSA) is 46.2 Å². The number of benzene rings is 1. The Labute approximate surface area is 87.7 Å². The van der Waals surface area contributed by atoms with Gasteiger partial charge < -0.3 is 10.8 Å². The van der Waals surface area contributed by atoms with Crippen LogP contribution in [-0.2, 0) is 5.60 Å². The molecule has 1 rings (SSSR count). The Bertz CT molecular complexity index is 334. The Hall–Kier alpha value is -1.00. The fraction of sp³-hybridized carbons (Fsp3) is 0.455. The largest absolute Gasteiger partial charge is 0.383 e. The summed E-state index contributed by atoms with van der Waals surface area (Å²) in [5, 5.41) is 10.1. The summed E-state index contributed by atoms with van der Waals surface area (Å²) in [5.41, 5.74) is 3.39. The smallest absolute Gasteiger partial charge is 0.132 e. The molecule has 0 aliphatic carbocycles. The predicted molar refractivity (Wildman–Crippen MR) is 54.1 cm³/mol. The van der Waals surface area contributed by atoms with Gasteiger partial charge in [-0.1, -0.05) is 19.9 Å². The Morgan fingerprint density at radius 1 is 1.33 bits per heavy atom. The molecule has 0 radical (unpaired) electrons. The lowest BCUT2D eigenvalue weighted by molar-refractivity contribution is -0.00768. The SMILES string of the molecule is CC(C)C(O)(CN)c1c(F)cccc1F. The normalized spacial score (nSPS) is 15.4. The summed E-state index contributed by atoms with van der Waals surface area (Å²) in [4.78, 5) is 0. The lowest BCUT2D eigenvalue weighted by Crippen LogP contribution is -2.41. The summed E-state index contributed by atoms with van der Waals surface area (Å²) in [6, 6.07) is 3.48. The average Bonchev–Trinajstić information content (AvgIpc) is 2.16. The first kappa shape index (κ1) is 12.1. The van der Waals surface area contributed by atoms with Gasteiger partial charge in [-0.25, -0.2) is 8.78 Å². The predicted octanol–water partition coefficient (Wildman–Crippen LogP) is 1.77. The molecule has 0 amide bonds. The molecular formula is C11H15F2NO. The van der Waals surface area contributed by atoms with Crippen molar-refractivity contribution in [2.24, 2.45) is 11.7 Å². The van der Waals surface area contributed by atoms with Crippen LogP contribution in [0.4, 0.5) is 8.78 Å². The van der Waals surface area contributed by atoms with Gasteiger partial charge in [0.1, 0.15) is 17.2 Å². The molecule has 2 nitrogen and oxygen atoms in total. The van der Waals surface area contributed by atoms with Crippen molar-refractivity contribution in [1.29, 1.82) is 0 Å². The van der Waals surface area contributed by atoms with Crippen molar-refractivity contribution < 1.29 is 13.9 Å². The molecule has 0 spiro atoms. The maximum atomic E-state index is 13.4. The van der Waals surface area contributed by atoms with Crippen LogP contribution in [0.25, 0.3) is 0 Å². The summed E-state index contributed by atoms with van der Waals surface area (Å²) < 4.78 is 26.9. The molecule has 0 aliphatic rings. The second-order valence-corrected chi connectivity index (χ2v) is 3.88. The minimum absolute atomic E-state index is 0.220. The van der Waals surface area contributed by atoms with Gasteiger partial charge in [0.25, 0.3) is 0 Å². The number of halogens is 2. The van der Waals surface area contributed by atoms with E-state index < -0.39 is 17.2 Å². The van der Waals surface area contributed by atoms with Crippen LogP contribution in [0.5, 0.6) is 0 Å². The monoisotopic (exact) mass is 215 g/mol. The first-order valence-electron chi connectivity index (χ1n) is 4.80. The highest BCUT2D eigenvalue weighted by Gasteiger charge is 2.36. The first-order valence-corrected chi connectivity index (χ1v) is 4.80. The maximum Gasteiger partial charge on any atom is 0.132 e. The molecule has 1 atom stereocenters. The first-order chi connectivity index (χ1) is 6.93.